The van der Waals surface area contributed by atoms with E-state index in [-0.39, 0.29) is 18.9 Å². The lowest BCUT2D eigenvalue weighted by Gasteiger charge is -2.00. The number of benzene rings is 2. The van der Waals surface area contributed by atoms with Crippen molar-refractivity contribution in [3.05, 3.63) is 59.4 Å². The second-order valence-electron chi connectivity index (χ2n) is 5.46. The smallest absolute Gasteiger partial charge is 0.227 e. The number of hydrogen-bond acceptors (Lipinski definition) is 6. The average Bonchev–Trinajstić information content (AvgIpc) is 3.29. The highest BCUT2D eigenvalue weighted by molar-refractivity contribution is 7.18. The predicted molar refractivity (Wildman–Crippen MR) is 94.8 cm³/mol. The molecule has 0 aliphatic rings. The summed E-state index contributed by atoms with van der Waals surface area (Å²) in [6, 6.07) is 16.4. The summed E-state index contributed by atoms with van der Waals surface area (Å²) in [5.74, 6) is 0.406. The number of H-pyrrole nitrogens is 1. The molecule has 0 aliphatic carbocycles. The molecule has 2 aromatic carbocycles. The Balaban J connectivity index is 1.48. The lowest BCUT2D eigenvalue weighted by Crippen LogP contribution is -2.25. The van der Waals surface area contributed by atoms with E-state index in [1.165, 1.54) is 11.3 Å². The van der Waals surface area contributed by atoms with Gasteiger partial charge in [0.05, 0.1) is 23.2 Å². The fraction of sp³-hybridized carbons (Fsp3) is 0.118. The van der Waals surface area contributed by atoms with E-state index in [0.29, 0.717) is 5.82 Å². The summed E-state index contributed by atoms with van der Waals surface area (Å²) in [6.45, 7) is 0.273. The van der Waals surface area contributed by atoms with E-state index < -0.39 is 0 Å². The second kappa shape index (κ2) is 6.78. The number of aromatic amines is 1. The van der Waals surface area contributed by atoms with Crippen LogP contribution in [0.1, 0.15) is 10.8 Å². The number of rotatable bonds is 5. The zero-order valence-corrected chi connectivity index (χ0v) is 14.0. The van der Waals surface area contributed by atoms with E-state index >= 15 is 0 Å². The molecule has 0 spiro atoms. The summed E-state index contributed by atoms with van der Waals surface area (Å²) in [6.07, 6.45) is 0.238. The van der Waals surface area contributed by atoms with E-state index in [4.69, 9.17) is 0 Å². The fourth-order valence-corrected chi connectivity index (χ4v) is 3.50. The summed E-state index contributed by atoms with van der Waals surface area (Å²) >= 11 is 1.54. The van der Waals surface area contributed by atoms with Crippen LogP contribution in [0.15, 0.2) is 48.5 Å². The number of carbonyl (C=O) groups excluding carboxylic acids is 1. The zero-order valence-electron chi connectivity index (χ0n) is 13.1. The molecule has 0 saturated heterocycles. The molecule has 0 atom stereocenters. The van der Waals surface area contributed by atoms with Crippen molar-refractivity contribution in [1.29, 1.82) is 0 Å². The number of nitrogens with one attached hydrogen (secondary N) is 2. The van der Waals surface area contributed by atoms with E-state index in [2.05, 4.69) is 55.2 Å². The van der Waals surface area contributed by atoms with Crippen LogP contribution in [0, 0.1) is 0 Å². The van der Waals surface area contributed by atoms with Crippen molar-refractivity contribution in [2.45, 2.75) is 13.0 Å². The van der Waals surface area contributed by atoms with Crippen LogP contribution in [0.4, 0.5) is 0 Å². The predicted octanol–water partition coefficient (Wildman–Crippen LogP) is 2.34. The molecule has 124 valence electrons. The van der Waals surface area contributed by atoms with Gasteiger partial charge in [-0.2, -0.15) is 0 Å². The van der Waals surface area contributed by atoms with Gasteiger partial charge in [0.2, 0.25) is 5.91 Å². The topological polar surface area (TPSA) is 96.5 Å². The molecule has 0 radical (unpaired) electrons. The molecule has 0 fully saturated rings. The third kappa shape index (κ3) is 3.53. The molecular weight excluding hydrogens is 336 g/mol. The number of amides is 1. The number of hydrogen-bond donors (Lipinski definition) is 2. The summed E-state index contributed by atoms with van der Waals surface area (Å²) in [5, 5.41) is 16.8. The molecule has 25 heavy (non-hydrogen) atoms. The first kappa shape index (κ1) is 15.4. The zero-order chi connectivity index (χ0) is 17.1. The SMILES string of the molecule is O=C(Cc1nc2ccc(-c3ccccc3)cc2s1)NCc1nnn[nH]1. The number of aromatic nitrogens is 5. The molecule has 0 bridgehead atoms. The van der Waals surface area contributed by atoms with Gasteiger partial charge >= 0.3 is 0 Å². The Hall–Kier alpha value is -3.13. The Morgan fingerprint density at radius 3 is 2.80 bits per heavy atom. The number of thiazole rings is 1. The van der Waals surface area contributed by atoms with Crippen molar-refractivity contribution in [1.82, 2.24) is 30.9 Å². The molecular formula is C17H14N6OS. The van der Waals surface area contributed by atoms with Crippen LogP contribution >= 0.6 is 11.3 Å². The van der Waals surface area contributed by atoms with Crippen molar-refractivity contribution in [2.75, 3.05) is 0 Å². The standard InChI is InChI=1S/C17H14N6OS/c24-16(18-10-15-20-22-23-21-15)9-17-19-13-7-6-12(8-14(13)25-17)11-4-2-1-3-5-11/h1-8H,9-10H2,(H,18,24)(H,20,21,22,23). The van der Waals surface area contributed by atoms with E-state index in [1.807, 2.05) is 24.3 Å². The first-order valence-electron chi connectivity index (χ1n) is 7.72. The molecule has 4 rings (SSSR count). The van der Waals surface area contributed by atoms with Gasteiger partial charge in [0.1, 0.15) is 5.01 Å². The van der Waals surface area contributed by atoms with Crippen LogP contribution in [0.2, 0.25) is 0 Å². The molecule has 2 aromatic heterocycles. The molecule has 4 aromatic rings. The van der Waals surface area contributed by atoms with E-state index in [9.17, 15) is 4.79 Å². The average molecular weight is 350 g/mol. The summed E-state index contributed by atoms with van der Waals surface area (Å²) in [4.78, 5) is 16.6. The molecule has 7 nitrogen and oxygen atoms in total. The highest BCUT2D eigenvalue weighted by atomic mass is 32.1. The van der Waals surface area contributed by atoms with Crippen LogP contribution in [0.3, 0.4) is 0 Å². The molecule has 0 aliphatic heterocycles. The number of fused-ring (bicyclic) bond motifs is 1. The Bertz CT molecular complexity index is 997. The number of carbonyl (C=O) groups is 1. The maximum Gasteiger partial charge on any atom is 0.227 e. The van der Waals surface area contributed by atoms with Crippen LogP contribution in [0.25, 0.3) is 21.3 Å². The van der Waals surface area contributed by atoms with Crippen LogP contribution < -0.4 is 5.32 Å². The quantitative estimate of drug-likeness (QED) is 0.576. The fourth-order valence-electron chi connectivity index (χ4n) is 2.49. The van der Waals surface area contributed by atoms with Gasteiger partial charge in [-0.25, -0.2) is 10.1 Å². The van der Waals surface area contributed by atoms with Gasteiger partial charge in [0.15, 0.2) is 5.82 Å². The minimum absolute atomic E-state index is 0.112. The molecule has 8 heteroatoms. The third-order valence-corrected chi connectivity index (χ3v) is 4.71. The Labute approximate surface area is 147 Å². The lowest BCUT2D eigenvalue weighted by molar-refractivity contribution is -0.120. The molecule has 2 N–H and O–H groups in total. The molecule has 1 amide bonds. The summed E-state index contributed by atoms with van der Waals surface area (Å²) < 4.78 is 1.07. The summed E-state index contributed by atoms with van der Waals surface area (Å²) in [5.41, 5.74) is 3.22. The minimum Gasteiger partial charge on any atom is -0.348 e. The number of nitrogens with zero attached hydrogens (tertiary/aromatic N) is 4. The Morgan fingerprint density at radius 1 is 1.12 bits per heavy atom. The monoisotopic (exact) mass is 350 g/mol. The van der Waals surface area contributed by atoms with Crippen molar-refractivity contribution in [2.24, 2.45) is 0 Å². The summed E-state index contributed by atoms with van der Waals surface area (Å²) in [7, 11) is 0. The molecule has 0 unspecified atom stereocenters. The van der Waals surface area contributed by atoms with Crippen molar-refractivity contribution >= 4 is 27.5 Å². The lowest BCUT2D eigenvalue weighted by atomic mass is 10.1. The maximum atomic E-state index is 12.0. The van der Waals surface area contributed by atoms with Gasteiger partial charge in [0, 0.05) is 0 Å². The van der Waals surface area contributed by atoms with Crippen LogP contribution in [-0.2, 0) is 17.8 Å². The minimum atomic E-state index is -0.112. The Morgan fingerprint density at radius 2 is 2.00 bits per heavy atom. The van der Waals surface area contributed by atoms with Gasteiger partial charge in [-0.05, 0) is 33.7 Å². The van der Waals surface area contributed by atoms with Gasteiger partial charge < -0.3 is 5.32 Å². The van der Waals surface area contributed by atoms with Gasteiger partial charge in [0.25, 0.3) is 0 Å². The number of tetrazole rings is 1. The van der Waals surface area contributed by atoms with Crippen molar-refractivity contribution in [3.8, 4) is 11.1 Å². The maximum absolute atomic E-state index is 12.0. The van der Waals surface area contributed by atoms with E-state index in [0.717, 1.165) is 26.4 Å². The highest BCUT2D eigenvalue weighted by Gasteiger charge is 2.10. The van der Waals surface area contributed by atoms with Gasteiger partial charge in [-0.3, -0.25) is 4.79 Å². The first-order valence-corrected chi connectivity index (χ1v) is 8.54. The van der Waals surface area contributed by atoms with Crippen molar-refractivity contribution < 1.29 is 4.79 Å². The van der Waals surface area contributed by atoms with E-state index in [1.54, 1.807) is 0 Å². The highest BCUT2D eigenvalue weighted by Crippen LogP contribution is 2.28. The molecule has 2 heterocycles. The van der Waals surface area contributed by atoms with Gasteiger partial charge in [-0.15, -0.1) is 16.4 Å². The van der Waals surface area contributed by atoms with Crippen molar-refractivity contribution in [3.63, 3.8) is 0 Å². The molecule has 0 saturated carbocycles. The second-order valence-corrected chi connectivity index (χ2v) is 6.57. The first-order chi connectivity index (χ1) is 12.3. The normalized spacial score (nSPS) is 10.9. The third-order valence-electron chi connectivity index (χ3n) is 3.69. The van der Waals surface area contributed by atoms with Crippen LogP contribution in [0.5, 0.6) is 0 Å². The van der Waals surface area contributed by atoms with Crippen LogP contribution in [-0.4, -0.2) is 31.5 Å². The Kier molecular flexibility index (Phi) is 4.17. The van der Waals surface area contributed by atoms with Gasteiger partial charge in [-0.1, -0.05) is 36.4 Å². The largest absolute Gasteiger partial charge is 0.348 e.